The van der Waals surface area contributed by atoms with E-state index in [2.05, 4.69) is 11.5 Å². The van der Waals surface area contributed by atoms with Crippen LogP contribution in [-0.4, -0.2) is 40.5 Å². The van der Waals surface area contributed by atoms with Gasteiger partial charge in [-0.15, -0.1) is 0 Å². The molecule has 0 aromatic rings. The molecule has 0 unspecified atom stereocenters. The summed E-state index contributed by atoms with van der Waals surface area (Å²) in [7, 11) is 0. The first-order valence-corrected chi connectivity index (χ1v) is 5.50. The normalized spacial score (nSPS) is 23.5. The summed E-state index contributed by atoms with van der Waals surface area (Å²) in [5.41, 5.74) is 0.0579. The monoisotopic (exact) mass is 211 g/mol. The number of hydrogen-bond donors (Lipinski definition) is 1. The zero-order chi connectivity index (χ0) is 11.6. The summed E-state index contributed by atoms with van der Waals surface area (Å²) in [5, 5.41) is 9.79. The van der Waals surface area contributed by atoms with Crippen LogP contribution in [0.3, 0.4) is 0 Å². The second-order valence-electron chi connectivity index (χ2n) is 4.85. The van der Waals surface area contributed by atoms with Gasteiger partial charge in [0, 0.05) is 13.1 Å². The number of nitrogens with zero attached hydrogens (tertiary/aromatic N) is 1. The number of hydrogen-bond acceptors (Lipinski definition) is 3. The van der Waals surface area contributed by atoms with Crippen LogP contribution in [0.15, 0.2) is 12.2 Å². The van der Waals surface area contributed by atoms with Gasteiger partial charge in [-0.2, -0.15) is 0 Å². The third kappa shape index (κ3) is 3.14. The molecule has 0 bridgehead atoms. The molecule has 1 fully saturated rings. The molecule has 1 N–H and O–H groups in total. The summed E-state index contributed by atoms with van der Waals surface area (Å²) < 4.78 is 0. The first kappa shape index (κ1) is 12.4. The predicted molar refractivity (Wildman–Crippen MR) is 60.7 cm³/mol. The maximum absolute atomic E-state index is 11.7. The Kier molecular flexibility index (Phi) is 3.68. The lowest BCUT2D eigenvalue weighted by atomic mass is 9.92. The van der Waals surface area contributed by atoms with Crippen molar-refractivity contribution in [3.05, 3.63) is 12.2 Å². The molecule has 1 saturated heterocycles. The number of rotatable bonds is 3. The van der Waals surface area contributed by atoms with E-state index in [0.717, 1.165) is 25.9 Å². The van der Waals surface area contributed by atoms with E-state index >= 15 is 0 Å². The lowest BCUT2D eigenvalue weighted by Gasteiger charge is -2.38. The fourth-order valence-electron chi connectivity index (χ4n) is 1.92. The molecule has 0 aromatic heterocycles. The summed E-state index contributed by atoms with van der Waals surface area (Å²) in [6.07, 6.45) is 1.47. The smallest absolute Gasteiger partial charge is 0.174 e. The van der Waals surface area contributed by atoms with Crippen molar-refractivity contribution in [2.45, 2.75) is 45.3 Å². The lowest BCUT2D eigenvalue weighted by molar-refractivity contribution is -0.121. The number of Topliss-reactive ketones (excluding diaryl/α,β-unsaturated/α-hetero) is 1. The average molecular weight is 211 g/mol. The van der Waals surface area contributed by atoms with Gasteiger partial charge in [0.05, 0.1) is 11.6 Å². The molecule has 0 saturated carbocycles. The Morgan fingerprint density at radius 3 is 2.33 bits per heavy atom. The van der Waals surface area contributed by atoms with E-state index in [1.165, 1.54) is 0 Å². The number of likely N-dealkylation sites (tertiary alicyclic amines) is 1. The van der Waals surface area contributed by atoms with Crippen molar-refractivity contribution in [2.24, 2.45) is 0 Å². The molecule has 1 aliphatic rings. The number of carbonyl (C=O) groups is 1. The summed E-state index contributed by atoms with van der Waals surface area (Å²) in [4.78, 5) is 13.8. The number of carbonyl (C=O) groups excluding carboxylic acids is 1. The van der Waals surface area contributed by atoms with Crippen molar-refractivity contribution >= 4 is 5.78 Å². The number of aliphatic hydroxyl groups is 1. The average Bonchev–Trinajstić information content (AvgIpc) is 2.15. The second kappa shape index (κ2) is 4.45. The van der Waals surface area contributed by atoms with Gasteiger partial charge in [-0.3, -0.25) is 9.69 Å². The van der Waals surface area contributed by atoms with E-state index in [0.29, 0.717) is 5.57 Å². The highest BCUT2D eigenvalue weighted by Crippen LogP contribution is 2.23. The fraction of sp³-hybridized carbons (Fsp3) is 0.750. The highest BCUT2D eigenvalue weighted by atomic mass is 16.3. The first-order valence-electron chi connectivity index (χ1n) is 5.50. The molecule has 0 aliphatic carbocycles. The van der Waals surface area contributed by atoms with Crippen LogP contribution in [0.25, 0.3) is 0 Å². The van der Waals surface area contributed by atoms with Gasteiger partial charge in [-0.25, -0.2) is 0 Å². The van der Waals surface area contributed by atoms with Crippen LogP contribution < -0.4 is 0 Å². The summed E-state index contributed by atoms with van der Waals surface area (Å²) in [6.45, 7) is 10.8. The van der Waals surface area contributed by atoms with Crippen LogP contribution in [0.4, 0.5) is 0 Å². The van der Waals surface area contributed by atoms with E-state index in [4.69, 9.17) is 0 Å². The van der Waals surface area contributed by atoms with Crippen molar-refractivity contribution in [3.8, 4) is 0 Å². The molecule has 0 radical (unpaired) electrons. The topological polar surface area (TPSA) is 40.5 Å². The minimum atomic E-state index is -0.553. The van der Waals surface area contributed by atoms with Crippen LogP contribution >= 0.6 is 0 Å². The van der Waals surface area contributed by atoms with Crippen molar-refractivity contribution in [1.29, 1.82) is 0 Å². The van der Waals surface area contributed by atoms with Gasteiger partial charge in [0.1, 0.15) is 0 Å². The van der Waals surface area contributed by atoms with Gasteiger partial charge >= 0.3 is 0 Å². The van der Waals surface area contributed by atoms with Crippen molar-refractivity contribution < 1.29 is 9.90 Å². The molecule has 1 rings (SSSR count). The Bertz CT molecular complexity index is 261. The molecule has 0 amide bonds. The predicted octanol–water partition coefficient (Wildman–Crippen LogP) is 1.37. The maximum Gasteiger partial charge on any atom is 0.174 e. The van der Waals surface area contributed by atoms with Crippen molar-refractivity contribution in [2.75, 3.05) is 13.1 Å². The van der Waals surface area contributed by atoms with E-state index in [9.17, 15) is 9.90 Å². The standard InChI is InChI=1S/C12H21NO2/c1-9(2)11(14)10(3)13-7-5-12(4,15)6-8-13/h10,15H,1,5-8H2,2-4H3/t10-/m1/s1. The Morgan fingerprint density at radius 1 is 1.47 bits per heavy atom. The molecule has 3 nitrogen and oxygen atoms in total. The highest BCUT2D eigenvalue weighted by Gasteiger charge is 2.31. The minimum absolute atomic E-state index is 0.0985. The van der Waals surface area contributed by atoms with Gasteiger partial charge < -0.3 is 5.11 Å². The summed E-state index contributed by atoms with van der Waals surface area (Å²) >= 11 is 0. The summed E-state index contributed by atoms with van der Waals surface area (Å²) in [5.74, 6) is 0.108. The third-order valence-electron chi connectivity index (χ3n) is 3.22. The first-order chi connectivity index (χ1) is 6.83. The van der Waals surface area contributed by atoms with Crippen LogP contribution in [0, 0.1) is 0 Å². The zero-order valence-corrected chi connectivity index (χ0v) is 9.92. The molecular formula is C12H21NO2. The van der Waals surface area contributed by atoms with Crippen LogP contribution in [0.5, 0.6) is 0 Å². The van der Waals surface area contributed by atoms with E-state index in [-0.39, 0.29) is 11.8 Å². The highest BCUT2D eigenvalue weighted by molar-refractivity contribution is 5.98. The molecule has 0 aromatic carbocycles. The molecular weight excluding hydrogens is 190 g/mol. The second-order valence-corrected chi connectivity index (χ2v) is 4.85. The Labute approximate surface area is 91.8 Å². The Balaban J connectivity index is 2.53. The third-order valence-corrected chi connectivity index (χ3v) is 3.22. The van der Waals surface area contributed by atoms with Crippen LogP contribution in [0.1, 0.15) is 33.6 Å². The van der Waals surface area contributed by atoms with Crippen molar-refractivity contribution in [3.63, 3.8) is 0 Å². The van der Waals surface area contributed by atoms with Gasteiger partial charge in [0.15, 0.2) is 5.78 Å². The quantitative estimate of drug-likeness (QED) is 0.717. The molecule has 86 valence electrons. The van der Waals surface area contributed by atoms with E-state index in [1.54, 1.807) is 6.92 Å². The SMILES string of the molecule is C=C(C)C(=O)[C@@H](C)N1CCC(C)(O)CC1. The fourth-order valence-corrected chi connectivity index (χ4v) is 1.92. The Hall–Kier alpha value is -0.670. The van der Waals surface area contributed by atoms with Gasteiger partial charge in [-0.05, 0) is 39.2 Å². The van der Waals surface area contributed by atoms with Gasteiger partial charge in [-0.1, -0.05) is 6.58 Å². The number of ketones is 1. The van der Waals surface area contributed by atoms with Crippen LogP contribution in [0.2, 0.25) is 0 Å². The van der Waals surface area contributed by atoms with E-state index < -0.39 is 5.60 Å². The Morgan fingerprint density at radius 2 is 1.93 bits per heavy atom. The molecule has 15 heavy (non-hydrogen) atoms. The van der Waals surface area contributed by atoms with Gasteiger partial charge in [0.2, 0.25) is 0 Å². The molecule has 1 heterocycles. The molecule has 1 aliphatic heterocycles. The molecule has 1 atom stereocenters. The molecule has 0 spiro atoms. The maximum atomic E-state index is 11.7. The van der Waals surface area contributed by atoms with E-state index in [1.807, 2.05) is 13.8 Å². The largest absolute Gasteiger partial charge is 0.390 e. The summed E-state index contributed by atoms with van der Waals surface area (Å²) in [6, 6.07) is -0.0985. The zero-order valence-electron chi connectivity index (χ0n) is 9.92. The van der Waals surface area contributed by atoms with Crippen LogP contribution in [-0.2, 0) is 4.79 Å². The van der Waals surface area contributed by atoms with Gasteiger partial charge in [0.25, 0.3) is 0 Å². The number of piperidine rings is 1. The minimum Gasteiger partial charge on any atom is -0.390 e. The molecule has 3 heteroatoms. The van der Waals surface area contributed by atoms with Crippen molar-refractivity contribution in [1.82, 2.24) is 4.90 Å². The lowest BCUT2D eigenvalue weighted by Crippen LogP contribution is -2.48.